The molecule has 7 nitrogen and oxygen atoms in total. The fourth-order valence-corrected chi connectivity index (χ4v) is 2.36. The summed E-state index contributed by atoms with van der Waals surface area (Å²) in [6.07, 6.45) is 3.58. The van der Waals surface area contributed by atoms with E-state index in [1.54, 1.807) is 0 Å². The normalized spacial score (nSPS) is 13.5. The third-order valence-corrected chi connectivity index (χ3v) is 4.04. The van der Waals surface area contributed by atoms with Crippen LogP contribution in [0.15, 0.2) is 28.8 Å². The van der Waals surface area contributed by atoms with Gasteiger partial charge in [-0.15, -0.1) is 0 Å². The van der Waals surface area contributed by atoms with E-state index in [1.165, 1.54) is 5.56 Å². The molecule has 1 aliphatic carbocycles. The Labute approximate surface area is 146 Å². The quantitative estimate of drug-likeness (QED) is 0.760. The van der Waals surface area contributed by atoms with Crippen LogP contribution in [-0.2, 0) is 22.4 Å². The highest BCUT2D eigenvalue weighted by Gasteiger charge is 2.23. The van der Waals surface area contributed by atoms with Crippen molar-refractivity contribution < 1.29 is 14.1 Å². The lowest BCUT2D eigenvalue weighted by Gasteiger charge is -2.04. The average Bonchev–Trinajstić information content (AvgIpc) is 3.31. The lowest BCUT2D eigenvalue weighted by Crippen LogP contribution is -2.37. The smallest absolute Gasteiger partial charge is 0.239 e. The van der Waals surface area contributed by atoms with Crippen LogP contribution in [0.4, 0.5) is 0 Å². The second kappa shape index (κ2) is 7.92. The molecule has 0 radical (unpaired) electrons. The van der Waals surface area contributed by atoms with E-state index >= 15 is 0 Å². The number of aryl methyl sites for hydroxylation is 2. The zero-order chi connectivity index (χ0) is 17.6. The molecule has 1 heterocycles. The Balaban J connectivity index is 1.44. The maximum atomic E-state index is 11.8. The first-order valence-electron chi connectivity index (χ1n) is 8.62. The predicted octanol–water partition coefficient (Wildman–Crippen LogP) is 1.63. The lowest BCUT2D eigenvalue weighted by atomic mass is 10.1. The molecule has 132 valence electrons. The summed E-state index contributed by atoms with van der Waals surface area (Å²) in [5.74, 6) is 0.568. The predicted molar refractivity (Wildman–Crippen MR) is 91.6 cm³/mol. The van der Waals surface area contributed by atoms with Crippen LogP contribution in [0.2, 0.25) is 0 Å². The summed E-state index contributed by atoms with van der Waals surface area (Å²) in [4.78, 5) is 27.6. The number of aromatic nitrogens is 2. The van der Waals surface area contributed by atoms with Crippen molar-refractivity contribution in [1.29, 1.82) is 0 Å². The third kappa shape index (κ3) is 5.14. The van der Waals surface area contributed by atoms with Gasteiger partial charge in [-0.25, -0.2) is 0 Å². The number of nitrogens with one attached hydrogen (secondary N) is 2. The van der Waals surface area contributed by atoms with Gasteiger partial charge in [0.15, 0.2) is 0 Å². The summed E-state index contributed by atoms with van der Waals surface area (Å²) in [6, 6.07) is 8.28. The summed E-state index contributed by atoms with van der Waals surface area (Å²) in [6.45, 7) is 2.11. The molecule has 3 rings (SSSR count). The molecule has 2 N–H and O–H groups in total. The van der Waals surface area contributed by atoms with E-state index in [-0.39, 0.29) is 24.8 Å². The van der Waals surface area contributed by atoms with Crippen LogP contribution < -0.4 is 10.6 Å². The molecule has 1 aliphatic rings. The molecule has 1 aromatic carbocycles. The van der Waals surface area contributed by atoms with E-state index < -0.39 is 0 Å². The minimum absolute atomic E-state index is 0.00813. The van der Waals surface area contributed by atoms with Gasteiger partial charge in [-0.3, -0.25) is 9.59 Å². The number of nitrogens with zero attached hydrogens (tertiary/aromatic N) is 2. The standard InChI is InChI=1S/C18H22N4O3/c1-2-12-3-5-13(6-4-12)18-21-17(25-22-18)10-9-15(23)19-11-16(24)20-14-7-8-14/h3-6,14H,2,7-11H2,1H3,(H,19,23)(H,20,24). The molecule has 0 unspecified atom stereocenters. The van der Waals surface area contributed by atoms with Gasteiger partial charge in [-0.05, 0) is 24.8 Å². The molecule has 2 amide bonds. The van der Waals surface area contributed by atoms with Crippen molar-refractivity contribution in [2.75, 3.05) is 6.54 Å². The van der Waals surface area contributed by atoms with Crippen molar-refractivity contribution in [2.45, 2.75) is 45.1 Å². The molecular formula is C18H22N4O3. The van der Waals surface area contributed by atoms with Crippen molar-refractivity contribution in [3.05, 3.63) is 35.7 Å². The molecule has 2 aromatic rings. The zero-order valence-electron chi connectivity index (χ0n) is 14.2. The van der Waals surface area contributed by atoms with Gasteiger partial charge in [0.1, 0.15) is 0 Å². The van der Waals surface area contributed by atoms with Gasteiger partial charge >= 0.3 is 0 Å². The van der Waals surface area contributed by atoms with E-state index in [1.807, 2.05) is 24.3 Å². The number of carbonyl (C=O) groups excluding carboxylic acids is 2. The van der Waals surface area contributed by atoms with Gasteiger partial charge in [0.25, 0.3) is 0 Å². The molecule has 7 heteroatoms. The molecule has 1 saturated carbocycles. The van der Waals surface area contributed by atoms with Gasteiger partial charge < -0.3 is 15.2 Å². The summed E-state index contributed by atoms with van der Waals surface area (Å²) >= 11 is 0. The molecule has 0 atom stereocenters. The van der Waals surface area contributed by atoms with Crippen molar-refractivity contribution in [1.82, 2.24) is 20.8 Å². The number of hydrogen-bond donors (Lipinski definition) is 2. The molecule has 1 fully saturated rings. The van der Waals surface area contributed by atoms with E-state index in [4.69, 9.17) is 4.52 Å². The number of amides is 2. The van der Waals surface area contributed by atoms with Gasteiger partial charge in [0.2, 0.25) is 23.5 Å². The summed E-state index contributed by atoms with van der Waals surface area (Å²) in [5, 5.41) is 9.37. The first-order chi connectivity index (χ1) is 12.1. The molecule has 25 heavy (non-hydrogen) atoms. The summed E-state index contributed by atoms with van der Waals surface area (Å²) < 4.78 is 5.19. The van der Waals surface area contributed by atoms with Crippen LogP contribution in [0.5, 0.6) is 0 Å². The van der Waals surface area contributed by atoms with Gasteiger partial charge in [0.05, 0.1) is 6.54 Å². The highest BCUT2D eigenvalue weighted by atomic mass is 16.5. The minimum atomic E-state index is -0.210. The van der Waals surface area contributed by atoms with E-state index in [2.05, 4.69) is 27.7 Å². The summed E-state index contributed by atoms with van der Waals surface area (Å²) in [5.41, 5.74) is 2.13. The van der Waals surface area contributed by atoms with E-state index in [0.29, 0.717) is 24.2 Å². The van der Waals surface area contributed by atoms with Crippen molar-refractivity contribution in [2.24, 2.45) is 0 Å². The first-order valence-corrected chi connectivity index (χ1v) is 8.62. The number of benzene rings is 1. The molecule has 0 aliphatic heterocycles. The lowest BCUT2D eigenvalue weighted by molar-refractivity contribution is -0.126. The van der Waals surface area contributed by atoms with Crippen LogP contribution in [0.1, 0.15) is 37.6 Å². The Morgan fingerprint density at radius 3 is 2.64 bits per heavy atom. The molecule has 0 spiro atoms. The number of carbonyl (C=O) groups is 2. The highest BCUT2D eigenvalue weighted by Crippen LogP contribution is 2.18. The molecule has 0 saturated heterocycles. The van der Waals surface area contributed by atoms with Crippen LogP contribution in [-0.4, -0.2) is 34.5 Å². The van der Waals surface area contributed by atoms with Crippen LogP contribution in [0.25, 0.3) is 11.4 Å². The minimum Gasteiger partial charge on any atom is -0.352 e. The van der Waals surface area contributed by atoms with E-state index in [0.717, 1.165) is 24.8 Å². The highest BCUT2D eigenvalue weighted by molar-refractivity contribution is 5.84. The fourth-order valence-electron chi connectivity index (χ4n) is 2.36. The van der Waals surface area contributed by atoms with E-state index in [9.17, 15) is 9.59 Å². The SMILES string of the molecule is CCc1ccc(-c2noc(CCC(=O)NCC(=O)NC3CC3)n2)cc1. The Morgan fingerprint density at radius 1 is 1.20 bits per heavy atom. The number of rotatable bonds is 8. The average molecular weight is 342 g/mol. The number of hydrogen-bond acceptors (Lipinski definition) is 5. The Hall–Kier alpha value is -2.70. The first kappa shape index (κ1) is 17.1. The Morgan fingerprint density at radius 2 is 1.96 bits per heavy atom. The van der Waals surface area contributed by atoms with Crippen molar-refractivity contribution in [3.63, 3.8) is 0 Å². The topological polar surface area (TPSA) is 97.1 Å². The fraction of sp³-hybridized carbons (Fsp3) is 0.444. The van der Waals surface area contributed by atoms with Crippen molar-refractivity contribution in [3.8, 4) is 11.4 Å². The third-order valence-electron chi connectivity index (χ3n) is 4.04. The van der Waals surface area contributed by atoms with Crippen LogP contribution in [0, 0.1) is 0 Å². The molecule has 0 bridgehead atoms. The zero-order valence-corrected chi connectivity index (χ0v) is 14.2. The Kier molecular flexibility index (Phi) is 5.42. The monoisotopic (exact) mass is 342 g/mol. The summed E-state index contributed by atoms with van der Waals surface area (Å²) in [7, 11) is 0. The second-order valence-electron chi connectivity index (χ2n) is 6.18. The van der Waals surface area contributed by atoms with Crippen LogP contribution >= 0.6 is 0 Å². The van der Waals surface area contributed by atoms with Crippen molar-refractivity contribution >= 4 is 11.8 Å². The second-order valence-corrected chi connectivity index (χ2v) is 6.18. The van der Waals surface area contributed by atoms with Gasteiger partial charge in [-0.2, -0.15) is 4.98 Å². The maximum absolute atomic E-state index is 11.8. The largest absolute Gasteiger partial charge is 0.352 e. The molecular weight excluding hydrogens is 320 g/mol. The van der Waals surface area contributed by atoms with Gasteiger partial charge in [0, 0.05) is 24.4 Å². The molecule has 1 aromatic heterocycles. The Bertz CT molecular complexity index is 735. The maximum Gasteiger partial charge on any atom is 0.239 e. The van der Waals surface area contributed by atoms with Crippen LogP contribution in [0.3, 0.4) is 0 Å². The van der Waals surface area contributed by atoms with Gasteiger partial charge in [-0.1, -0.05) is 36.3 Å².